The lowest BCUT2D eigenvalue weighted by atomic mass is 10.0. The monoisotopic (exact) mass is 340 g/mol. The fourth-order valence-electron chi connectivity index (χ4n) is 2.30. The molecule has 5 heteroatoms. The summed E-state index contributed by atoms with van der Waals surface area (Å²) in [6.45, 7) is 4.28. The molecular weight excluding hydrogens is 320 g/mol. The van der Waals surface area contributed by atoms with E-state index in [1.54, 1.807) is 11.9 Å². The number of ether oxygens (including phenoxy) is 1. The standard InChI is InChI=1S/C19H20N2O2S/c1-13(2)14-8-10-15(11-9-14)23-12-18(22)21(3)19-20-16-6-4-5-7-17(16)24-19/h4-11,13H,12H2,1-3H3. The van der Waals surface area contributed by atoms with Crippen LogP contribution in [-0.2, 0) is 4.79 Å². The molecule has 0 aliphatic carbocycles. The average Bonchev–Trinajstić information content (AvgIpc) is 3.03. The molecule has 1 amide bonds. The zero-order valence-corrected chi connectivity index (χ0v) is 14.8. The van der Waals surface area contributed by atoms with E-state index < -0.39 is 0 Å². The zero-order chi connectivity index (χ0) is 17.1. The van der Waals surface area contributed by atoms with Crippen molar-refractivity contribution in [3.8, 4) is 5.75 Å². The van der Waals surface area contributed by atoms with Crippen LogP contribution >= 0.6 is 11.3 Å². The van der Waals surface area contributed by atoms with Crippen LogP contribution < -0.4 is 9.64 Å². The third-order valence-electron chi connectivity index (χ3n) is 3.85. The van der Waals surface area contributed by atoms with E-state index in [1.807, 2.05) is 48.5 Å². The van der Waals surface area contributed by atoms with Gasteiger partial charge in [0, 0.05) is 7.05 Å². The summed E-state index contributed by atoms with van der Waals surface area (Å²) in [6.07, 6.45) is 0. The fraction of sp³-hybridized carbons (Fsp3) is 0.263. The van der Waals surface area contributed by atoms with Crippen LogP contribution in [0.4, 0.5) is 5.13 Å². The Morgan fingerprint density at radius 2 is 1.88 bits per heavy atom. The lowest BCUT2D eigenvalue weighted by Gasteiger charge is -2.14. The van der Waals surface area contributed by atoms with Crippen LogP contribution in [-0.4, -0.2) is 24.5 Å². The second-order valence-electron chi connectivity index (χ2n) is 5.93. The summed E-state index contributed by atoms with van der Waals surface area (Å²) in [5, 5.41) is 0.681. The minimum absolute atomic E-state index is 0.00650. The summed E-state index contributed by atoms with van der Waals surface area (Å²) in [5.41, 5.74) is 2.16. The van der Waals surface area contributed by atoms with Gasteiger partial charge in [-0.3, -0.25) is 9.69 Å². The van der Waals surface area contributed by atoms with Gasteiger partial charge in [0.15, 0.2) is 11.7 Å². The Morgan fingerprint density at radius 1 is 1.17 bits per heavy atom. The molecule has 2 aromatic carbocycles. The third kappa shape index (κ3) is 3.57. The first-order valence-electron chi connectivity index (χ1n) is 7.89. The first-order chi connectivity index (χ1) is 11.5. The second kappa shape index (κ2) is 7.01. The Labute approximate surface area is 145 Å². The molecule has 3 rings (SSSR count). The van der Waals surface area contributed by atoms with Crippen molar-refractivity contribution in [1.29, 1.82) is 0 Å². The maximum atomic E-state index is 12.3. The first-order valence-corrected chi connectivity index (χ1v) is 8.71. The smallest absolute Gasteiger partial charge is 0.266 e. The van der Waals surface area contributed by atoms with Crippen LogP contribution in [0.2, 0.25) is 0 Å². The van der Waals surface area contributed by atoms with Crippen molar-refractivity contribution in [1.82, 2.24) is 4.98 Å². The number of hydrogen-bond donors (Lipinski definition) is 0. The number of carbonyl (C=O) groups excluding carboxylic acids is 1. The lowest BCUT2D eigenvalue weighted by Crippen LogP contribution is -2.31. The van der Waals surface area contributed by atoms with E-state index in [0.717, 1.165) is 10.2 Å². The average molecular weight is 340 g/mol. The molecule has 124 valence electrons. The third-order valence-corrected chi connectivity index (χ3v) is 4.97. The summed E-state index contributed by atoms with van der Waals surface area (Å²) < 4.78 is 6.67. The van der Waals surface area contributed by atoms with Gasteiger partial charge in [-0.05, 0) is 35.7 Å². The molecule has 0 bridgehead atoms. The molecule has 1 aromatic heterocycles. The summed E-state index contributed by atoms with van der Waals surface area (Å²) in [7, 11) is 1.73. The van der Waals surface area contributed by atoms with Gasteiger partial charge in [0.25, 0.3) is 5.91 Å². The van der Waals surface area contributed by atoms with Crippen LogP contribution in [0.25, 0.3) is 10.2 Å². The van der Waals surface area contributed by atoms with Crippen LogP contribution in [0.15, 0.2) is 48.5 Å². The highest BCUT2D eigenvalue weighted by molar-refractivity contribution is 7.22. The predicted octanol–water partition coefficient (Wildman–Crippen LogP) is 4.46. The number of para-hydroxylation sites is 1. The molecule has 0 spiro atoms. The number of thiazole rings is 1. The molecular formula is C19H20N2O2S. The molecule has 0 fully saturated rings. The van der Waals surface area contributed by atoms with E-state index in [4.69, 9.17) is 4.74 Å². The minimum atomic E-state index is -0.123. The van der Waals surface area contributed by atoms with E-state index in [9.17, 15) is 4.79 Å². The number of benzene rings is 2. The lowest BCUT2D eigenvalue weighted by molar-refractivity contribution is -0.120. The molecule has 0 radical (unpaired) electrons. The number of likely N-dealkylation sites (N-methyl/N-ethyl adjacent to an activating group) is 1. The van der Waals surface area contributed by atoms with E-state index in [0.29, 0.717) is 16.8 Å². The highest BCUT2D eigenvalue weighted by atomic mass is 32.1. The predicted molar refractivity (Wildman–Crippen MR) is 99.1 cm³/mol. The number of hydrogen-bond acceptors (Lipinski definition) is 4. The highest BCUT2D eigenvalue weighted by Crippen LogP contribution is 2.28. The maximum Gasteiger partial charge on any atom is 0.266 e. The van der Waals surface area contributed by atoms with Crippen molar-refractivity contribution in [3.05, 3.63) is 54.1 Å². The molecule has 0 unspecified atom stereocenters. The molecule has 3 aromatic rings. The second-order valence-corrected chi connectivity index (χ2v) is 6.94. The van der Waals surface area contributed by atoms with Crippen LogP contribution in [0.3, 0.4) is 0 Å². The Morgan fingerprint density at radius 3 is 2.54 bits per heavy atom. The molecule has 0 saturated carbocycles. The molecule has 0 aliphatic heterocycles. The van der Waals surface area contributed by atoms with Crippen molar-refractivity contribution >= 4 is 32.6 Å². The SMILES string of the molecule is CC(C)c1ccc(OCC(=O)N(C)c2nc3ccccc3s2)cc1. The number of fused-ring (bicyclic) bond motifs is 1. The maximum absolute atomic E-state index is 12.3. The molecule has 24 heavy (non-hydrogen) atoms. The van der Waals surface area contributed by atoms with Crippen molar-refractivity contribution in [2.45, 2.75) is 19.8 Å². The summed E-state index contributed by atoms with van der Waals surface area (Å²) >= 11 is 1.50. The molecule has 4 nitrogen and oxygen atoms in total. The van der Waals surface area contributed by atoms with Gasteiger partial charge in [-0.15, -0.1) is 0 Å². The van der Waals surface area contributed by atoms with Crippen molar-refractivity contribution < 1.29 is 9.53 Å². The Hall–Kier alpha value is -2.40. The van der Waals surface area contributed by atoms with E-state index in [-0.39, 0.29) is 12.5 Å². The molecule has 0 N–H and O–H groups in total. The normalized spacial score (nSPS) is 11.0. The van der Waals surface area contributed by atoms with Crippen LogP contribution in [0, 0.1) is 0 Å². The summed E-state index contributed by atoms with van der Waals surface area (Å²) in [6, 6.07) is 15.7. The van der Waals surface area contributed by atoms with Crippen molar-refractivity contribution in [2.75, 3.05) is 18.6 Å². The van der Waals surface area contributed by atoms with Gasteiger partial charge in [0.05, 0.1) is 10.2 Å². The van der Waals surface area contributed by atoms with E-state index in [2.05, 4.69) is 18.8 Å². The van der Waals surface area contributed by atoms with Crippen LogP contribution in [0.1, 0.15) is 25.3 Å². The first kappa shape index (κ1) is 16.5. The molecule has 0 atom stereocenters. The summed E-state index contributed by atoms with van der Waals surface area (Å²) in [5.74, 6) is 1.05. The van der Waals surface area contributed by atoms with Gasteiger partial charge in [0.2, 0.25) is 0 Å². The number of carbonyl (C=O) groups is 1. The van der Waals surface area contributed by atoms with E-state index in [1.165, 1.54) is 16.9 Å². The topological polar surface area (TPSA) is 42.4 Å². The van der Waals surface area contributed by atoms with Crippen molar-refractivity contribution in [2.24, 2.45) is 0 Å². The van der Waals surface area contributed by atoms with Crippen LogP contribution in [0.5, 0.6) is 5.75 Å². The van der Waals surface area contributed by atoms with Gasteiger partial charge in [-0.2, -0.15) is 0 Å². The largest absolute Gasteiger partial charge is 0.484 e. The number of aromatic nitrogens is 1. The van der Waals surface area contributed by atoms with Gasteiger partial charge in [0.1, 0.15) is 5.75 Å². The van der Waals surface area contributed by atoms with E-state index >= 15 is 0 Å². The number of rotatable bonds is 5. The minimum Gasteiger partial charge on any atom is -0.484 e. The Balaban J connectivity index is 1.63. The van der Waals surface area contributed by atoms with Gasteiger partial charge < -0.3 is 4.74 Å². The quantitative estimate of drug-likeness (QED) is 0.688. The van der Waals surface area contributed by atoms with Gasteiger partial charge in [-0.1, -0.05) is 49.4 Å². The van der Waals surface area contributed by atoms with Gasteiger partial charge >= 0.3 is 0 Å². The number of nitrogens with zero attached hydrogens (tertiary/aromatic N) is 2. The number of anilines is 1. The fourth-order valence-corrected chi connectivity index (χ4v) is 3.25. The Kier molecular flexibility index (Phi) is 4.81. The molecule has 0 aliphatic rings. The molecule has 0 saturated heterocycles. The van der Waals surface area contributed by atoms with Gasteiger partial charge in [-0.25, -0.2) is 4.98 Å². The Bertz CT molecular complexity index is 807. The van der Waals surface area contributed by atoms with Crippen molar-refractivity contribution in [3.63, 3.8) is 0 Å². The molecule has 1 heterocycles. The number of amides is 1. The summed E-state index contributed by atoms with van der Waals surface area (Å²) in [4.78, 5) is 18.4. The zero-order valence-electron chi connectivity index (χ0n) is 14.0. The highest BCUT2D eigenvalue weighted by Gasteiger charge is 2.16.